The maximum Gasteiger partial charge on any atom is 0.248 e. The van der Waals surface area contributed by atoms with E-state index in [9.17, 15) is 13.2 Å². The van der Waals surface area contributed by atoms with Gasteiger partial charge in [0.1, 0.15) is 0 Å². The zero-order valence-corrected chi connectivity index (χ0v) is 16.3. The molecule has 7 heteroatoms. The summed E-state index contributed by atoms with van der Waals surface area (Å²) < 4.78 is 24.0. The molecule has 25 heavy (non-hydrogen) atoms. The van der Waals surface area contributed by atoms with Gasteiger partial charge in [-0.1, -0.05) is 54.9 Å². The van der Waals surface area contributed by atoms with Gasteiger partial charge < -0.3 is 4.90 Å². The van der Waals surface area contributed by atoms with Crippen LogP contribution >= 0.6 is 11.8 Å². The van der Waals surface area contributed by atoms with Crippen molar-refractivity contribution in [3.63, 3.8) is 0 Å². The van der Waals surface area contributed by atoms with Crippen molar-refractivity contribution in [2.75, 3.05) is 11.5 Å². The molecule has 2 aliphatic rings. The van der Waals surface area contributed by atoms with Gasteiger partial charge in [-0.15, -0.1) is 0 Å². The number of hydrogen-bond acceptors (Lipinski definition) is 4. The van der Waals surface area contributed by atoms with Crippen LogP contribution in [0.4, 0.5) is 0 Å². The van der Waals surface area contributed by atoms with E-state index >= 15 is 0 Å². The predicted octanol–water partition coefficient (Wildman–Crippen LogP) is 2.78. The topological polar surface area (TPSA) is 66.8 Å². The van der Waals surface area contributed by atoms with Crippen LogP contribution < -0.4 is 0 Å². The van der Waals surface area contributed by atoms with Crippen LogP contribution in [0, 0.1) is 6.92 Å². The van der Waals surface area contributed by atoms with E-state index < -0.39 is 9.84 Å². The molecular formula is C18H24N2O3S2. The van der Waals surface area contributed by atoms with Crippen LogP contribution in [0.3, 0.4) is 0 Å². The number of hydrogen-bond donors (Lipinski definition) is 0. The Labute approximate surface area is 153 Å². The molecule has 1 aromatic carbocycles. The summed E-state index contributed by atoms with van der Waals surface area (Å²) in [6, 6.07) is 8.10. The third-order valence-electron chi connectivity index (χ3n) is 4.61. The fourth-order valence-corrected chi connectivity index (χ4v) is 7.17. The number of benzene rings is 1. The molecule has 2 atom stereocenters. The lowest BCUT2D eigenvalue weighted by Crippen LogP contribution is -2.37. The lowest BCUT2D eigenvalue weighted by atomic mass is 10.1. The van der Waals surface area contributed by atoms with Gasteiger partial charge >= 0.3 is 0 Å². The van der Waals surface area contributed by atoms with Gasteiger partial charge in [0.2, 0.25) is 5.91 Å². The minimum Gasteiger partial charge on any atom is -0.342 e. The second-order valence-electron chi connectivity index (χ2n) is 6.81. The van der Waals surface area contributed by atoms with Gasteiger partial charge in [-0.2, -0.15) is 4.99 Å². The number of thioether (sulfide) groups is 1. The van der Waals surface area contributed by atoms with Crippen molar-refractivity contribution in [3.8, 4) is 0 Å². The van der Waals surface area contributed by atoms with Crippen LogP contribution in [0.5, 0.6) is 0 Å². The first-order chi connectivity index (χ1) is 11.9. The minimum absolute atomic E-state index is 0.0202. The highest BCUT2D eigenvalue weighted by atomic mass is 32.2. The van der Waals surface area contributed by atoms with E-state index in [1.54, 1.807) is 0 Å². The summed E-state index contributed by atoms with van der Waals surface area (Å²) in [7, 11) is -3.01. The molecule has 2 heterocycles. The standard InChI is InChI=1S/C18H24N2O3S2/c1-3-4-5-17(21)19-18-20(10-14-8-6-13(2)7-9-14)15-11-25(22,23)12-16(15)24-18/h6-9,15-16H,3-5,10-12H2,1-2H3/t15-,16-/m1/s1. The zero-order chi connectivity index (χ0) is 18.0. The van der Waals surface area contributed by atoms with Crippen molar-refractivity contribution in [2.45, 2.75) is 50.9 Å². The van der Waals surface area contributed by atoms with Crippen molar-refractivity contribution in [2.24, 2.45) is 4.99 Å². The number of amidine groups is 1. The van der Waals surface area contributed by atoms with Gasteiger partial charge in [-0.05, 0) is 18.9 Å². The van der Waals surface area contributed by atoms with E-state index in [2.05, 4.69) is 4.99 Å². The van der Waals surface area contributed by atoms with E-state index in [1.165, 1.54) is 17.3 Å². The molecule has 136 valence electrons. The molecule has 1 amide bonds. The quantitative estimate of drug-likeness (QED) is 0.786. The molecule has 2 fully saturated rings. The van der Waals surface area contributed by atoms with Crippen molar-refractivity contribution >= 4 is 32.7 Å². The summed E-state index contributed by atoms with van der Waals surface area (Å²) in [6.45, 7) is 4.67. The number of amides is 1. The lowest BCUT2D eigenvalue weighted by molar-refractivity contribution is -0.117. The fraction of sp³-hybridized carbons (Fsp3) is 0.556. The maximum absolute atomic E-state index is 12.1. The van der Waals surface area contributed by atoms with Crippen molar-refractivity contribution in [3.05, 3.63) is 35.4 Å². The number of carbonyl (C=O) groups excluding carboxylic acids is 1. The van der Waals surface area contributed by atoms with Crippen LogP contribution in [0.2, 0.25) is 0 Å². The third kappa shape index (κ3) is 4.44. The number of unbranched alkanes of at least 4 members (excludes halogenated alkanes) is 1. The first-order valence-corrected chi connectivity index (χ1v) is 11.4. The van der Waals surface area contributed by atoms with Crippen LogP contribution in [-0.4, -0.2) is 47.2 Å². The Hall–Kier alpha value is -1.34. The maximum atomic E-state index is 12.1. The predicted molar refractivity (Wildman–Crippen MR) is 103 cm³/mol. The van der Waals surface area contributed by atoms with Gasteiger partial charge in [0, 0.05) is 18.2 Å². The van der Waals surface area contributed by atoms with Crippen LogP contribution in [-0.2, 0) is 21.2 Å². The van der Waals surface area contributed by atoms with Gasteiger partial charge in [-0.25, -0.2) is 8.42 Å². The van der Waals surface area contributed by atoms with Gasteiger partial charge in [0.15, 0.2) is 15.0 Å². The van der Waals surface area contributed by atoms with Crippen molar-refractivity contribution < 1.29 is 13.2 Å². The molecule has 1 aromatic rings. The molecule has 0 spiro atoms. The molecule has 0 saturated carbocycles. The van der Waals surface area contributed by atoms with Crippen LogP contribution in [0.1, 0.15) is 37.3 Å². The number of aryl methyl sites for hydroxylation is 1. The Morgan fingerprint density at radius 3 is 2.68 bits per heavy atom. The molecule has 0 N–H and O–H groups in total. The SMILES string of the molecule is CCCCC(=O)N=C1S[C@@H]2CS(=O)(=O)C[C@H]2N1Cc1ccc(C)cc1. The highest BCUT2D eigenvalue weighted by Gasteiger charge is 2.48. The smallest absolute Gasteiger partial charge is 0.248 e. The van der Waals surface area contributed by atoms with Crippen LogP contribution in [0.15, 0.2) is 29.3 Å². The molecular weight excluding hydrogens is 356 g/mol. The van der Waals surface area contributed by atoms with E-state index in [1.807, 2.05) is 43.0 Å². The second-order valence-corrected chi connectivity index (χ2v) is 10.2. The Bertz CT molecular complexity index is 772. The monoisotopic (exact) mass is 380 g/mol. The molecule has 2 saturated heterocycles. The molecule has 0 unspecified atom stereocenters. The Kier molecular flexibility index (Phi) is 5.53. The Balaban J connectivity index is 1.83. The summed E-state index contributed by atoms with van der Waals surface area (Å²) >= 11 is 1.45. The number of aliphatic imine (C=N–C) groups is 1. The zero-order valence-electron chi connectivity index (χ0n) is 14.6. The highest BCUT2D eigenvalue weighted by molar-refractivity contribution is 8.15. The van der Waals surface area contributed by atoms with E-state index in [0.29, 0.717) is 18.1 Å². The molecule has 3 rings (SSSR count). The molecule has 5 nitrogen and oxygen atoms in total. The number of fused-ring (bicyclic) bond motifs is 1. The van der Waals surface area contributed by atoms with Gasteiger partial charge in [0.05, 0.1) is 17.5 Å². The minimum atomic E-state index is -3.01. The van der Waals surface area contributed by atoms with E-state index in [4.69, 9.17) is 0 Å². The number of carbonyl (C=O) groups is 1. The first-order valence-electron chi connectivity index (χ1n) is 8.69. The number of sulfone groups is 1. The molecule has 0 aliphatic carbocycles. The van der Waals surface area contributed by atoms with Gasteiger partial charge in [0.25, 0.3) is 0 Å². The average Bonchev–Trinajstić information content (AvgIpc) is 3.00. The molecule has 0 radical (unpaired) electrons. The number of rotatable bonds is 5. The van der Waals surface area contributed by atoms with Gasteiger partial charge in [-0.3, -0.25) is 4.79 Å². The second kappa shape index (κ2) is 7.50. The summed E-state index contributed by atoms with van der Waals surface area (Å²) in [5.41, 5.74) is 2.29. The summed E-state index contributed by atoms with van der Waals surface area (Å²) in [5, 5.41) is 0.666. The number of nitrogens with zero attached hydrogens (tertiary/aromatic N) is 2. The Morgan fingerprint density at radius 2 is 2.00 bits per heavy atom. The largest absolute Gasteiger partial charge is 0.342 e. The summed E-state index contributed by atoms with van der Waals surface area (Å²) in [6.07, 6.45) is 2.24. The molecule has 2 aliphatic heterocycles. The van der Waals surface area contributed by atoms with Crippen molar-refractivity contribution in [1.82, 2.24) is 4.90 Å². The fourth-order valence-electron chi connectivity index (χ4n) is 3.20. The third-order valence-corrected chi connectivity index (χ3v) is 7.86. The lowest BCUT2D eigenvalue weighted by Gasteiger charge is -2.24. The normalized spacial score (nSPS) is 26.2. The van der Waals surface area contributed by atoms with Crippen molar-refractivity contribution in [1.29, 1.82) is 0 Å². The first kappa shape index (κ1) is 18.5. The molecule has 0 aromatic heterocycles. The highest BCUT2D eigenvalue weighted by Crippen LogP contribution is 2.39. The van der Waals surface area contributed by atoms with Crippen LogP contribution in [0.25, 0.3) is 0 Å². The van der Waals surface area contributed by atoms with E-state index in [0.717, 1.165) is 18.4 Å². The molecule has 0 bridgehead atoms. The summed E-state index contributed by atoms with van der Waals surface area (Å²) in [5.74, 6) is 0.217. The summed E-state index contributed by atoms with van der Waals surface area (Å²) in [4.78, 5) is 18.4. The van der Waals surface area contributed by atoms with E-state index in [-0.39, 0.29) is 28.7 Å². The Morgan fingerprint density at radius 1 is 1.28 bits per heavy atom. The average molecular weight is 381 g/mol.